The Morgan fingerprint density at radius 3 is 1.74 bits per heavy atom. The van der Waals surface area contributed by atoms with Crippen molar-refractivity contribution in [3.63, 3.8) is 0 Å². The molecule has 0 aromatic carbocycles. The van der Waals surface area contributed by atoms with Crippen LogP contribution in [0, 0.1) is 5.92 Å². The van der Waals surface area contributed by atoms with Crippen molar-refractivity contribution in [2.75, 3.05) is 6.61 Å². The Hall–Kier alpha value is -1.63. The van der Waals surface area contributed by atoms with Crippen LogP contribution in [0.2, 0.25) is 0 Å². The lowest BCUT2D eigenvalue weighted by atomic mass is 9.83. The summed E-state index contributed by atoms with van der Waals surface area (Å²) >= 11 is 0. The van der Waals surface area contributed by atoms with E-state index in [2.05, 4.69) is 0 Å². The Morgan fingerprint density at radius 1 is 0.826 bits per heavy atom. The van der Waals surface area contributed by atoms with E-state index in [1.807, 2.05) is 13.8 Å². The van der Waals surface area contributed by atoms with Gasteiger partial charge in [0.15, 0.2) is 0 Å². The molecule has 0 spiro atoms. The molecular weight excluding hydrogens is 304 g/mol. The van der Waals surface area contributed by atoms with Crippen LogP contribution in [0.25, 0.3) is 0 Å². The molecule has 1 fully saturated rings. The molecule has 0 N–H and O–H groups in total. The van der Waals surface area contributed by atoms with Crippen molar-refractivity contribution < 1.29 is 33.3 Å². The van der Waals surface area contributed by atoms with Crippen molar-refractivity contribution in [3.8, 4) is 0 Å². The van der Waals surface area contributed by atoms with Gasteiger partial charge >= 0.3 is 17.9 Å². The molecule has 0 bridgehead atoms. The topological polar surface area (TPSA) is 88.1 Å². The number of carbonyl (C=O) groups is 3. The fourth-order valence-electron chi connectivity index (χ4n) is 2.95. The van der Waals surface area contributed by atoms with Gasteiger partial charge in [0.2, 0.25) is 0 Å². The van der Waals surface area contributed by atoms with Gasteiger partial charge in [-0.3, -0.25) is 14.4 Å². The second-order valence-electron chi connectivity index (χ2n) is 5.64. The lowest BCUT2D eigenvalue weighted by Crippen LogP contribution is -2.57. The van der Waals surface area contributed by atoms with Crippen LogP contribution >= 0.6 is 0 Å². The van der Waals surface area contributed by atoms with Gasteiger partial charge < -0.3 is 18.9 Å². The summed E-state index contributed by atoms with van der Waals surface area (Å²) in [6.07, 6.45) is -0.797. The SMILES string of the molecule is CC[C@@H]1C(OC(C)=O)[C@@H](CC)OC(COC(C)=O)[C@@H]1OC(C)=O. The van der Waals surface area contributed by atoms with Crippen LogP contribution < -0.4 is 0 Å². The highest BCUT2D eigenvalue weighted by Gasteiger charge is 2.48. The standard InChI is InChI=1S/C16H26O7/c1-6-12-15(21-10(4)18)13(7-2)23-14(8-20-9(3)17)16(12)22-11(5)19/h12-16H,6-8H2,1-5H3/t12-,13-,14?,15?,16-/m1/s1. The zero-order valence-corrected chi connectivity index (χ0v) is 14.4. The molecule has 0 aromatic rings. The molecule has 1 saturated heterocycles. The molecule has 0 aliphatic carbocycles. The van der Waals surface area contributed by atoms with E-state index in [4.69, 9.17) is 18.9 Å². The summed E-state index contributed by atoms with van der Waals surface area (Å²) in [7, 11) is 0. The third-order valence-electron chi connectivity index (χ3n) is 3.86. The summed E-state index contributed by atoms with van der Waals surface area (Å²) in [6, 6.07) is 0. The van der Waals surface area contributed by atoms with Gasteiger partial charge in [0.1, 0.15) is 24.9 Å². The van der Waals surface area contributed by atoms with Gasteiger partial charge in [0.05, 0.1) is 6.10 Å². The fraction of sp³-hybridized carbons (Fsp3) is 0.812. The van der Waals surface area contributed by atoms with Crippen molar-refractivity contribution in [2.45, 2.75) is 71.9 Å². The number of rotatable bonds is 6. The van der Waals surface area contributed by atoms with Crippen molar-refractivity contribution in [2.24, 2.45) is 5.92 Å². The van der Waals surface area contributed by atoms with Crippen LogP contribution in [0.1, 0.15) is 47.5 Å². The van der Waals surface area contributed by atoms with E-state index in [1.165, 1.54) is 20.8 Å². The highest BCUT2D eigenvalue weighted by Crippen LogP contribution is 2.34. The van der Waals surface area contributed by atoms with E-state index >= 15 is 0 Å². The first kappa shape index (κ1) is 19.4. The van der Waals surface area contributed by atoms with E-state index in [-0.39, 0.29) is 18.6 Å². The number of hydrogen-bond donors (Lipinski definition) is 0. The van der Waals surface area contributed by atoms with E-state index in [0.29, 0.717) is 12.8 Å². The van der Waals surface area contributed by atoms with Gasteiger partial charge in [-0.15, -0.1) is 0 Å². The summed E-state index contributed by atoms with van der Waals surface area (Å²) in [5.74, 6) is -1.52. The number of hydrogen-bond acceptors (Lipinski definition) is 7. The fourth-order valence-corrected chi connectivity index (χ4v) is 2.95. The van der Waals surface area contributed by atoms with Crippen LogP contribution in [-0.4, -0.2) is 48.9 Å². The Labute approximate surface area is 136 Å². The summed E-state index contributed by atoms with van der Waals surface area (Å²) in [4.78, 5) is 33.9. The number of esters is 3. The van der Waals surface area contributed by atoms with E-state index in [1.54, 1.807) is 0 Å². The highest BCUT2D eigenvalue weighted by atomic mass is 16.6. The Balaban J connectivity index is 3.04. The second kappa shape index (κ2) is 8.86. The van der Waals surface area contributed by atoms with E-state index in [0.717, 1.165) is 0 Å². The summed E-state index contributed by atoms with van der Waals surface area (Å²) < 4.78 is 21.8. The molecule has 1 rings (SSSR count). The normalized spacial score (nSPS) is 30.4. The van der Waals surface area contributed by atoms with Crippen molar-refractivity contribution in [1.82, 2.24) is 0 Å². The Kier molecular flexibility index (Phi) is 7.48. The Morgan fingerprint density at radius 2 is 1.35 bits per heavy atom. The van der Waals surface area contributed by atoms with Crippen molar-refractivity contribution >= 4 is 17.9 Å². The average molecular weight is 330 g/mol. The molecule has 1 aliphatic heterocycles. The molecule has 0 aromatic heterocycles. The molecule has 0 amide bonds. The zero-order valence-electron chi connectivity index (χ0n) is 14.4. The second-order valence-corrected chi connectivity index (χ2v) is 5.64. The third-order valence-corrected chi connectivity index (χ3v) is 3.86. The van der Waals surface area contributed by atoms with Gasteiger partial charge in [0.25, 0.3) is 0 Å². The maximum atomic E-state index is 11.4. The molecule has 7 heteroatoms. The molecule has 2 unspecified atom stereocenters. The average Bonchev–Trinajstić information content (AvgIpc) is 2.45. The minimum Gasteiger partial charge on any atom is -0.463 e. The van der Waals surface area contributed by atoms with Gasteiger partial charge in [-0.05, 0) is 12.8 Å². The van der Waals surface area contributed by atoms with Crippen LogP contribution in [0.3, 0.4) is 0 Å². The van der Waals surface area contributed by atoms with Crippen LogP contribution in [0.5, 0.6) is 0 Å². The smallest absolute Gasteiger partial charge is 0.303 e. The lowest BCUT2D eigenvalue weighted by molar-refractivity contribution is -0.232. The quantitative estimate of drug-likeness (QED) is 0.540. The number of ether oxygens (including phenoxy) is 4. The van der Waals surface area contributed by atoms with Gasteiger partial charge in [0, 0.05) is 26.7 Å². The summed E-state index contributed by atoms with van der Waals surface area (Å²) in [6.45, 7) is 7.79. The van der Waals surface area contributed by atoms with Crippen molar-refractivity contribution in [1.29, 1.82) is 0 Å². The molecule has 1 heterocycles. The molecular formula is C16H26O7. The van der Waals surface area contributed by atoms with Gasteiger partial charge in [-0.1, -0.05) is 13.8 Å². The minimum absolute atomic E-state index is 0.00687. The molecule has 7 nitrogen and oxygen atoms in total. The third kappa shape index (κ3) is 5.49. The first-order chi connectivity index (χ1) is 10.8. The lowest BCUT2D eigenvalue weighted by Gasteiger charge is -2.45. The Bertz CT molecular complexity index is 434. The highest BCUT2D eigenvalue weighted by molar-refractivity contribution is 5.67. The molecule has 1 aliphatic rings. The van der Waals surface area contributed by atoms with E-state index < -0.39 is 36.2 Å². The maximum Gasteiger partial charge on any atom is 0.303 e. The predicted octanol–water partition coefficient (Wildman–Crippen LogP) is 1.62. The molecule has 0 saturated carbocycles. The maximum absolute atomic E-state index is 11.4. The van der Waals surface area contributed by atoms with Crippen LogP contribution in [0.15, 0.2) is 0 Å². The zero-order chi connectivity index (χ0) is 17.6. The molecule has 132 valence electrons. The van der Waals surface area contributed by atoms with Crippen LogP contribution in [-0.2, 0) is 33.3 Å². The van der Waals surface area contributed by atoms with Crippen LogP contribution in [0.4, 0.5) is 0 Å². The monoisotopic (exact) mass is 330 g/mol. The van der Waals surface area contributed by atoms with Gasteiger partial charge in [-0.2, -0.15) is 0 Å². The molecule has 5 atom stereocenters. The summed E-state index contributed by atoms with van der Waals surface area (Å²) in [5.41, 5.74) is 0. The van der Waals surface area contributed by atoms with Crippen molar-refractivity contribution in [3.05, 3.63) is 0 Å². The summed E-state index contributed by atoms with van der Waals surface area (Å²) in [5, 5.41) is 0. The van der Waals surface area contributed by atoms with Gasteiger partial charge in [-0.25, -0.2) is 0 Å². The molecule has 23 heavy (non-hydrogen) atoms. The minimum atomic E-state index is -0.635. The number of carbonyl (C=O) groups excluding carboxylic acids is 3. The molecule has 0 radical (unpaired) electrons. The first-order valence-corrected chi connectivity index (χ1v) is 7.93. The first-order valence-electron chi connectivity index (χ1n) is 7.93. The van der Waals surface area contributed by atoms with E-state index in [9.17, 15) is 14.4 Å². The predicted molar refractivity (Wildman–Crippen MR) is 80.5 cm³/mol. The largest absolute Gasteiger partial charge is 0.463 e.